The maximum atomic E-state index is 14.0. The average Bonchev–Trinajstić information content (AvgIpc) is 3.45. The summed E-state index contributed by atoms with van der Waals surface area (Å²) >= 11 is 0. The van der Waals surface area contributed by atoms with Crippen molar-refractivity contribution in [1.82, 2.24) is 9.80 Å². The Kier molecular flexibility index (Phi) is 6.35. The van der Waals surface area contributed by atoms with Gasteiger partial charge in [0.25, 0.3) is 5.91 Å². The molecular weight excluding hydrogens is 496 g/mol. The number of para-hydroxylation sites is 1. The smallest absolute Gasteiger partial charge is 0.313 e. The van der Waals surface area contributed by atoms with E-state index >= 15 is 0 Å². The zero-order chi connectivity index (χ0) is 30.1. The van der Waals surface area contributed by atoms with Crippen molar-refractivity contribution in [3.05, 3.63) is 71.1 Å². The normalized spacial score (nSPS) is 21.9. The molecule has 4 rings (SSSR count). The molecule has 0 aromatic heterocycles. The molecule has 2 aliphatic rings. The first kappa shape index (κ1) is 22.8. The van der Waals surface area contributed by atoms with Crippen LogP contribution in [0.3, 0.4) is 0 Å². The van der Waals surface area contributed by atoms with Gasteiger partial charge in [-0.2, -0.15) is 0 Å². The molecule has 2 aromatic carbocycles. The van der Waals surface area contributed by atoms with Crippen LogP contribution in [0.5, 0.6) is 0 Å². The molecule has 1 spiro atoms. The highest BCUT2D eigenvalue weighted by molar-refractivity contribution is 6.39. The van der Waals surface area contributed by atoms with Crippen molar-refractivity contribution in [2.75, 3.05) is 24.2 Å². The van der Waals surface area contributed by atoms with Crippen LogP contribution in [-0.4, -0.2) is 59.2 Å². The first-order valence-corrected chi connectivity index (χ1v) is 12.0. The Hall–Kier alpha value is -4.33. The molecule has 1 fully saturated rings. The summed E-state index contributed by atoms with van der Waals surface area (Å²) < 4.78 is 51.0. The van der Waals surface area contributed by atoms with E-state index in [-0.39, 0.29) is 30.0 Å². The molecule has 2 heterocycles. The molecule has 0 unspecified atom stereocenters. The number of benzene rings is 2. The SMILES string of the molecule is [2H]C([2H])([2H])N(C(=O)C(=O)Nc1ccc(F)c(F)c1)[C@@H](CCCC)C(=O)N1C[C@]2(C[C@H]1[N+]#[C-])C(=O)Nc1ccccc12. The number of unbranched alkanes of at least 4 members (excludes halogenated alkanes) is 1. The van der Waals surface area contributed by atoms with Crippen molar-refractivity contribution in [3.63, 3.8) is 0 Å². The minimum Gasteiger partial charge on any atom is -0.325 e. The quantitative estimate of drug-likeness (QED) is 0.445. The average molecular weight is 527 g/mol. The number of hydrogen-bond donors (Lipinski definition) is 2. The van der Waals surface area contributed by atoms with Crippen LogP contribution < -0.4 is 10.6 Å². The van der Waals surface area contributed by atoms with E-state index in [0.29, 0.717) is 30.2 Å². The monoisotopic (exact) mass is 526 g/mol. The van der Waals surface area contributed by atoms with Gasteiger partial charge >= 0.3 is 18.0 Å². The van der Waals surface area contributed by atoms with E-state index in [1.165, 1.54) is 0 Å². The van der Waals surface area contributed by atoms with Crippen LogP contribution in [0, 0.1) is 18.2 Å². The zero-order valence-electron chi connectivity index (χ0n) is 23.5. The van der Waals surface area contributed by atoms with Crippen LogP contribution in [0.15, 0.2) is 42.5 Å². The Bertz CT molecular complexity index is 1450. The summed E-state index contributed by atoms with van der Waals surface area (Å²) in [5.41, 5.74) is -0.389. The maximum absolute atomic E-state index is 14.0. The largest absolute Gasteiger partial charge is 0.325 e. The van der Waals surface area contributed by atoms with Gasteiger partial charge in [-0.1, -0.05) is 38.0 Å². The maximum Gasteiger partial charge on any atom is 0.313 e. The van der Waals surface area contributed by atoms with E-state index in [1.807, 2.05) is 5.32 Å². The number of nitrogens with one attached hydrogen (secondary N) is 2. The van der Waals surface area contributed by atoms with Crippen molar-refractivity contribution in [2.45, 2.75) is 50.2 Å². The molecule has 9 nitrogen and oxygen atoms in total. The lowest BCUT2D eigenvalue weighted by atomic mass is 9.80. The first-order valence-electron chi connectivity index (χ1n) is 13.5. The van der Waals surface area contributed by atoms with Gasteiger partial charge in [-0.3, -0.25) is 28.9 Å². The van der Waals surface area contributed by atoms with Gasteiger partial charge in [-0.05, 0) is 30.2 Å². The summed E-state index contributed by atoms with van der Waals surface area (Å²) in [6.07, 6.45) is -0.502. The third-order valence-electron chi connectivity index (χ3n) is 6.91. The van der Waals surface area contributed by atoms with Gasteiger partial charge in [0.1, 0.15) is 11.5 Å². The fourth-order valence-corrected chi connectivity index (χ4v) is 4.92. The number of rotatable bonds is 6. The highest BCUT2D eigenvalue weighted by Gasteiger charge is 2.59. The lowest BCUT2D eigenvalue weighted by molar-refractivity contribution is -0.149. The van der Waals surface area contributed by atoms with Crippen molar-refractivity contribution in [3.8, 4) is 0 Å². The third kappa shape index (κ3) is 4.69. The topological polar surface area (TPSA) is 103 Å². The fraction of sp³-hybridized carbons (Fsp3) is 0.370. The zero-order valence-corrected chi connectivity index (χ0v) is 20.5. The van der Waals surface area contributed by atoms with E-state index in [2.05, 4.69) is 10.2 Å². The van der Waals surface area contributed by atoms with Gasteiger partial charge in [0.2, 0.25) is 5.91 Å². The molecule has 4 amide bonds. The lowest BCUT2D eigenvalue weighted by Gasteiger charge is -2.31. The summed E-state index contributed by atoms with van der Waals surface area (Å²) in [4.78, 5) is 58.1. The number of carbonyl (C=O) groups is 4. The molecular formula is C27H27F2N5O4. The van der Waals surface area contributed by atoms with E-state index in [4.69, 9.17) is 10.7 Å². The van der Waals surface area contributed by atoms with Crippen LogP contribution >= 0.6 is 0 Å². The molecule has 11 heteroatoms. The van der Waals surface area contributed by atoms with E-state index in [9.17, 15) is 28.0 Å². The van der Waals surface area contributed by atoms with Gasteiger partial charge in [0.05, 0.1) is 6.42 Å². The fourth-order valence-electron chi connectivity index (χ4n) is 4.92. The Labute approximate surface area is 222 Å². The number of likely N-dealkylation sites (tertiary alicyclic amines) is 1. The van der Waals surface area contributed by atoms with Crippen LogP contribution in [0.1, 0.15) is 42.3 Å². The van der Waals surface area contributed by atoms with Crippen molar-refractivity contribution in [2.24, 2.45) is 0 Å². The van der Waals surface area contributed by atoms with Gasteiger partial charge < -0.3 is 15.5 Å². The summed E-state index contributed by atoms with van der Waals surface area (Å²) in [7, 11) is 0. The van der Waals surface area contributed by atoms with Gasteiger partial charge in [0, 0.05) is 35.1 Å². The number of fused-ring (bicyclic) bond motifs is 2. The number of likely N-dealkylation sites (N-methyl/N-ethyl adjacent to an activating group) is 1. The Balaban J connectivity index is 1.67. The van der Waals surface area contributed by atoms with Gasteiger partial charge in [-0.25, -0.2) is 15.4 Å². The van der Waals surface area contributed by atoms with Gasteiger partial charge in [0.15, 0.2) is 11.6 Å². The summed E-state index contributed by atoms with van der Waals surface area (Å²) in [5.74, 6) is -6.86. The molecule has 0 aliphatic carbocycles. The summed E-state index contributed by atoms with van der Waals surface area (Å²) in [5, 5.41) is 4.82. The second-order valence-electron chi connectivity index (χ2n) is 9.28. The molecule has 1 saturated heterocycles. The second-order valence-corrected chi connectivity index (χ2v) is 9.28. The molecule has 3 atom stereocenters. The van der Waals surface area contributed by atoms with Crippen molar-refractivity contribution >= 4 is 35.0 Å². The number of hydrogen-bond acceptors (Lipinski definition) is 4. The van der Waals surface area contributed by atoms with Crippen molar-refractivity contribution < 1.29 is 32.1 Å². The Morgan fingerprint density at radius 1 is 1.29 bits per heavy atom. The molecule has 2 aliphatic heterocycles. The highest BCUT2D eigenvalue weighted by Crippen LogP contribution is 2.46. The van der Waals surface area contributed by atoms with Crippen LogP contribution in [0.25, 0.3) is 4.85 Å². The summed E-state index contributed by atoms with van der Waals surface area (Å²) in [6, 6.07) is 7.52. The molecule has 2 aromatic rings. The predicted octanol–water partition coefficient (Wildman–Crippen LogP) is 3.29. The minimum atomic E-state index is -3.26. The Morgan fingerprint density at radius 2 is 2.05 bits per heavy atom. The first-order chi connectivity index (χ1) is 19.3. The minimum absolute atomic E-state index is 0.0378. The third-order valence-corrected chi connectivity index (χ3v) is 6.91. The predicted molar refractivity (Wildman–Crippen MR) is 135 cm³/mol. The van der Waals surface area contributed by atoms with E-state index in [0.717, 1.165) is 17.0 Å². The molecule has 0 radical (unpaired) electrons. The van der Waals surface area contributed by atoms with Crippen LogP contribution in [0.4, 0.5) is 20.2 Å². The standard InChI is InChI=1S/C27H27F2N5O4/c1-4-5-10-21(33(3)25(37)23(35)31-16-11-12-18(28)19(29)13-16)24(36)34-15-27(14-22(34)30-2)17-8-6-7-9-20(17)32-26(27)38/h6-9,11-13,21-22H,4-5,10,14-15H2,1,3H3,(H,31,35)(H,32,38)/t21-,22-,27-/m0/s1/i3D3. The number of amides is 4. The number of nitrogens with zero attached hydrogens (tertiary/aromatic N) is 3. The molecule has 0 bridgehead atoms. The lowest BCUT2D eigenvalue weighted by Crippen LogP contribution is -2.53. The van der Waals surface area contributed by atoms with E-state index < -0.39 is 59.9 Å². The van der Waals surface area contributed by atoms with E-state index in [1.54, 1.807) is 31.2 Å². The molecule has 38 heavy (non-hydrogen) atoms. The number of halogens is 2. The number of anilines is 2. The summed E-state index contributed by atoms with van der Waals surface area (Å²) in [6.45, 7) is 6.02. The van der Waals surface area contributed by atoms with Crippen LogP contribution in [0.2, 0.25) is 0 Å². The van der Waals surface area contributed by atoms with Crippen molar-refractivity contribution in [1.29, 1.82) is 0 Å². The Morgan fingerprint density at radius 3 is 2.74 bits per heavy atom. The molecule has 2 N–H and O–H groups in total. The molecule has 198 valence electrons. The second kappa shape index (κ2) is 10.6. The molecule has 0 saturated carbocycles. The highest BCUT2D eigenvalue weighted by atomic mass is 19.2. The number of carbonyl (C=O) groups excluding carboxylic acids is 4. The van der Waals surface area contributed by atoms with Gasteiger partial charge in [-0.15, -0.1) is 0 Å². The van der Waals surface area contributed by atoms with Crippen LogP contribution in [-0.2, 0) is 24.6 Å².